The van der Waals surface area contributed by atoms with E-state index in [0.717, 1.165) is 80.2 Å². The first-order valence-electron chi connectivity index (χ1n) is 20.6. The number of amides is 3. The number of hydrogen-bond acceptors (Lipinski definition) is 10. The van der Waals surface area contributed by atoms with Crippen LogP contribution in [0.1, 0.15) is 89.0 Å². The molecule has 4 fully saturated rings. The van der Waals surface area contributed by atoms with Gasteiger partial charge in [0.05, 0.1) is 29.1 Å². The van der Waals surface area contributed by atoms with Gasteiger partial charge in [-0.2, -0.15) is 0 Å². The largest absolute Gasteiger partial charge is 0.471 e. The molecule has 12 nitrogen and oxygen atoms in total. The van der Waals surface area contributed by atoms with Crippen molar-refractivity contribution in [2.75, 3.05) is 13.2 Å². The van der Waals surface area contributed by atoms with Crippen molar-refractivity contribution in [3.8, 4) is 16.5 Å². The van der Waals surface area contributed by atoms with E-state index in [4.69, 9.17) is 24.2 Å². The van der Waals surface area contributed by atoms with Gasteiger partial charge >= 0.3 is 12.1 Å². The Morgan fingerprint density at radius 1 is 0.842 bits per heavy atom. The molecule has 4 aliphatic rings. The molecule has 57 heavy (non-hydrogen) atoms. The number of rotatable bonds is 9. The molecule has 0 radical (unpaired) electrons. The van der Waals surface area contributed by atoms with E-state index in [2.05, 4.69) is 10.6 Å². The van der Waals surface area contributed by atoms with Crippen LogP contribution in [0.2, 0.25) is 0 Å². The van der Waals surface area contributed by atoms with Gasteiger partial charge in [0.1, 0.15) is 35.5 Å². The van der Waals surface area contributed by atoms with E-state index >= 15 is 0 Å². The highest BCUT2D eigenvalue weighted by Crippen LogP contribution is 2.48. The highest BCUT2D eigenvalue weighted by atomic mass is 32.1. The van der Waals surface area contributed by atoms with Gasteiger partial charge in [0, 0.05) is 12.8 Å². The van der Waals surface area contributed by atoms with Crippen LogP contribution in [0, 0.1) is 5.92 Å². The second-order valence-corrected chi connectivity index (χ2v) is 16.9. The first-order chi connectivity index (χ1) is 27.9. The van der Waals surface area contributed by atoms with E-state index in [1.807, 2.05) is 72.1 Å². The molecule has 13 heteroatoms. The van der Waals surface area contributed by atoms with Gasteiger partial charge in [0.15, 0.2) is 0 Å². The minimum absolute atomic E-state index is 0.0607. The Morgan fingerprint density at radius 2 is 1.56 bits per heavy atom. The summed E-state index contributed by atoms with van der Waals surface area (Å²) >= 11 is 1.52. The monoisotopic (exact) mass is 793 g/mol. The van der Waals surface area contributed by atoms with E-state index in [-0.39, 0.29) is 37.5 Å². The number of fused-ring (bicyclic) bond motifs is 3. The van der Waals surface area contributed by atoms with Crippen LogP contribution in [0.15, 0.2) is 72.1 Å². The lowest BCUT2D eigenvalue weighted by Crippen LogP contribution is -2.56. The van der Waals surface area contributed by atoms with Crippen LogP contribution in [0.25, 0.3) is 21.6 Å². The third kappa shape index (κ3) is 9.08. The molecule has 2 N–H and O–H groups in total. The third-order valence-electron chi connectivity index (χ3n) is 11.9. The van der Waals surface area contributed by atoms with E-state index in [1.165, 1.54) is 16.2 Å². The van der Waals surface area contributed by atoms with E-state index in [1.54, 1.807) is 0 Å². The number of nitrogens with one attached hydrogen (secondary N) is 2. The van der Waals surface area contributed by atoms with Gasteiger partial charge in [-0.3, -0.25) is 9.59 Å². The molecule has 4 heterocycles. The summed E-state index contributed by atoms with van der Waals surface area (Å²) in [5.41, 5.74) is 1.85. The molecule has 2 aliphatic carbocycles. The zero-order chi connectivity index (χ0) is 39.2. The summed E-state index contributed by atoms with van der Waals surface area (Å²) in [5.74, 6) is -1.01. The Balaban J connectivity index is 1.07. The number of aromatic nitrogens is 2. The number of hydrogen-bond donors (Lipinski definition) is 2. The first kappa shape index (κ1) is 38.8. The van der Waals surface area contributed by atoms with Crippen molar-refractivity contribution in [2.45, 2.75) is 120 Å². The van der Waals surface area contributed by atoms with Crippen molar-refractivity contribution in [1.29, 1.82) is 0 Å². The normalized spacial score (nSPS) is 25.7. The summed E-state index contributed by atoms with van der Waals surface area (Å²) in [6.07, 6.45) is 9.07. The Hall–Kier alpha value is -5.04. The SMILES string of the molecule is O=C(N[C@H]1CCCCCCCC2CC2(C(=O)OCCc2ccccc2)NC(=O)[C@@H]2C[C@@H](Oc3nc4ccccc4nc3-c3cccs3)CN2C1=O)OC1CCCC1. The molecule has 2 aromatic heterocycles. The molecule has 2 unspecified atom stereocenters. The number of carbonyl (C=O) groups is 4. The average Bonchev–Trinajstić information content (AvgIpc) is 3.72. The molecular weight excluding hydrogens is 743 g/mol. The minimum Gasteiger partial charge on any atom is -0.471 e. The van der Waals surface area contributed by atoms with Crippen molar-refractivity contribution in [3.63, 3.8) is 0 Å². The van der Waals surface area contributed by atoms with Gasteiger partial charge in [-0.15, -0.1) is 11.3 Å². The molecule has 5 atom stereocenters. The van der Waals surface area contributed by atoms with Crippen molar-refractivity contribution in [2.24, 2.45) is 5.92 Å². The lowest BCUT2D eigenvalue weighted by molar-refractivity contribution is -0.150. The summed E-state index contributed by atoms with van der Waals surface area (Å²) in [6.45, 7) is 0.268. The smallest absolute Gasteiger partial charge is 0.408 e. The van der Waals surface area contributed by atoms with Crippen molar-refractivity contribution < 1.29 is 33.4 Å². The van der Waals surface area contributed by atoms with Crippen LogP contribution in [0.3, 0.4) is 0 Å². The van der Waals surface area contributed by atoms with E-state index in [9.17, 15) is 19.2 Å². The van der Waals surface area contributed by atoms with E-state index < -0.39 is 41.7 Å². The molecule has 8 rings (SSSR count). The number of para-hydroxylation sites is 2. The van der Waals surface area contributed by atoms with Crippen molar-refractivity contribution >= 4 is 46.2 Å². The minimum atomic E-state index is -1.17. The average molecular weight is 794 g/mol. The van der Waals surface area contributed by atoms with Gasteiger partial charge in [0.25, 0.3) is 0 Å². The fraction of sp³-hybridized carbons (Fsp3) is 0.500. The highest BCUT2D eigenvalue weighted by molar-refractivity contribution is 7.13. The molecule has 2 aliphatic heterocycles. The third-order valence-corrected chi connectivity index (χ3v) is 12.8. The molecule has 0 spiro atoms. The van der Waals surface area contributed by atoms with Crippen LogP contribution >= 0.6 is 11.3 Å². The maximum atomic E-state index is 14.7. The van der Waals surface area contributed by atoms with Crippen LogP contribution in [-0.4, -0.2) is 81.7 Å². The second-order valence-electron chi connectivity index (χ2n) is 15.9. The summed E-state index contributed by atoms with van der Waals surface area (Å²) < 4.78 is 18.2. The molecule has 2 aromatic carbocycles. The first-order valence-corrected chi connectivity index (χ1v) is 21.5. The Kier molecular flexibility index (Phi) is 12.0. The predicted molar refractivity (Wildman–Crippen MR) is 215 cm³/mol. The topological polar surface area (TPSA) is 149 Å². The summed E-state index contributed by atoms with van der Waals surface area (Å²) in [7, 11) is 0. The number of esters is 1. The van der Waals surface area contributed by atoms with Crippen LogP contribution < -0.4 is 15.4 Å². The molecular formula is C44H51N5O7S. The fourth-order valence-electron chi connectivity index (χ4n) is 8.70. The number of benzene rings is 2. The van der Waals surface area contributed by atoms with Crippen molar-refractivity contribution in [3.05, 3.63) is 77.7 Å². The molecule has 2 saturated carbocycles. The number of carbonyl (C=O) groups excluding carboxylic acids is 4. The van der Waals surface area contributed by atoms with E-state index in [0.29, 0.717) is 36.4 Å². The van der Waals surface area contributed by atoms with Gasteiger partial charge in [-0.25, -0.2) is 19.6 Å². The van der Waals surface area contributed by atoms with Crippen LogP contribution in [0.5, 0.6) is 5.88 Å². The maximum absolute atomic E-state index is 14.7. The molecule has 300 valence electrons. The number of thiophene rings is 1. The highest BCUT2D eigenvalue weighted by Gasteiger charge is 2.62. The van der Waals surface area contributed by atoms with Gasteiger partial charge in [0.2, 0.25) is 17.7 Å². The zero-order valence-corrected chi connectivity index (χ0v) is 33.1. The Morgan fingerprint density at radius 3 is 2.33 bits per heavy atom. The Bertz CT molecular complexity index is 2040. The van der Waals surface area contributed by atoms with Crippen LogP contribution in [0.4, 0.5) is 4.79 Å². The van der Waals surface area contributed by atoms with Crippen molar-refractivity contribution in [1.82, 2.24) is 25.5 Å². The summed E-state index contributed by atoms with van der Waals surface area (Å²) in [5, 5.41) is 7.97. The number of alkyl carbamates (subject to hydrolysis) is 1. The molecule has 2 saturated heterocycles. The van der Waals surface area contributed by atoms with Crippen LogP contribution in [-0.2, 0) is 30.3 Å². The predicted octanol–water partition coefficient (Wildman–Crippen LogP) is 7.15. The summed E-state index contributed by atoms with van der Waals surface area (Å²) in [4.78, 5) is 68.6. The quantitative estimate of drug-likeness (QED) is 0.169. The number of nitrogens with zero attached hydrogens (tertiary/aromatic N) is 3. The summed E-state index contributed by atoms with van der Waals surface area (Å²) in [6, 6.07) is 19.4. The van der Waals surface area contributed by atoms with Gasteiger partial charge < -0.3 is 29.7 Å². The Labute approximate surface area is 337 Å². The fourth-order valence-corrected chi connectivity index (χ4v) is 9.41. The van der Waals surface area contributed by atoms with Gasteiger partial charge in [-0.1, -0.05) is 80.6 Å². The maximum Gasteiger partial charge on any atom is 0.408 e. The standard InChI is InChI=1S/C44H51N5O7S/c50-39-36-26-32(55-40-38(37-22-13-25-57-37)45-33-19-11-12-20-34(33)46-40)28-49(36)41(51)35(47-43(53)56-31-17-9-10-18-31)21-8-3-1-2-7-16-30-27-44(30,48-39)42(52)54-24-23-29-14-5-4-6-15-29/h4-6,11-15,19-20,22,25,30-32,35-36H,1-3,7-10,16-18,21,23-24,26-28H2,(H,47,53)(H,48,50)/t30?,32-,35+,36+,44?/m1/s1. The zero-order valence-electron chi connectivity index (χ0n) is 32.2. The number of ether oxygens (including phenoxy) is 3. The molecule has 0 bridgehead atoms. The van der Waals surface area contributed by atoms with Gasteiger partial charge in [-0.05, 0) is 80.0 Å². The lowest BCUT2D eigenvalue weighted by Gasteiger charge is -2.30. The second kappa shape index (κ2) is 17.6. The molecule has 4 aromatic rings. The lowest BCUT2D eigenvalue weighted by atomic mass is 10.0. The molecule has 3 amide bonds.